The standard InChI is InChI=1S/C25H30N4O4S/c1-17(2)16-27-24(30)21-6-9-23(18(3)14-21)28-25(31)20-10-12-29(13-11-20)34(32,33)22-7-4-19(15-26)5-8-22/h4-9,14,17,20H,10-13,16H2,1-3H3,(H,27,30)(H,28,31). The van der Waals surface area contributed by atoms with Crippen molar-refractivity contribution in [3.63, 3.8) is 0 Å². The third-order valence-electron chi connectivity index (χ3n) is 5.86. The second-order valence-electron chi connectivity index (χ2n) is 8.94. The zero-order valence-corrected chi connectivity index (χ0v) is 20.5. The molecule has 0 unspecified atom stereocenters. The molecule has 1 heterocycles. The minimum Gasteiger partial charge on any atom is -0.352 e. The Kier molecular flexibility index (Phi) is 8.07. The predicted octanol–water partition coefficient (Wildman–Crippen LogP) is 3.29. The van der Waals surface area contributed by atoms with E-state index in [-0.39, 0.29) is 35.7 Å². The van der Waals surface area contributed by atoms with Crippen LogP contribution in [-0.2, 0) is 14.8 Å². The first-order chi connectivity index (χ1) is 16.1. The number of carbonyl (C=O) groups is 2. The van der Waals surface area contributed by atoms with Crippen molar-refractivity contribution in [2.75, 3.05) is 25.0 Å². The number of hydrogen-bond acceptors (Lipinski definition) is 5. The fourth-order valence-electron chi connectivity index (χ4n) is 3.79. The van der Waals surface area contributed by atoms with Crippen LogP contribution in [0.4, 0.5) is 5.69 Å². The van der Waals surface area contributed by atoms with Gasteiger partial charge in [-0.2, -0.15) is 9.57 Å². The Hall–Kier alpha value is -3.22. The molecule has 1 aliphatic heterocycles. The molecule has 0 spiro atoms. The predicted molar refractivity (Wildman–Crippen MR) is 130 cm³/mol. The van der Waals surface area contributed by atoms with Gasteiger partial charge in [0.1, 0.15) is 0 Å². The number of carbonyl (C=O) groups excluding carboxylic acids is 2. The van der Waals surface area contributed by atoms with Crippen molar-refractivity contribution < 1.29 is 18.0 Å². The molecule has 1 aliphatic rings. The molecule has 9 heteroatoms. The van der Waals surface area contributed by atoms with Crippen LogP contribution in [0.2, 0.25) is 0 Å². The highest BCUT2D eigenvalue weighted by Gasteiger charge is 2.32. The van der Waals surface area contributed by atoms with E-state index in [0.717, 1.165) is 5.56 Å². The van der Waals surface area contributed by atoms with Crippen LogP contribution in [0.5, 0.6) is 0 Å². The molecule has 0 saturated carbocycles. The monoisotopic (exact) mass is 482 g/mol. The Morgan fingerprint density at radius 2 is 1.76 bits per heavy atom. The van der Waals surface area contributed by atoms with Crippen molar-refractivity contribution in [2.45, 2.75) is 38.5 Å². The Bertz CT molecular complexity index is 1190. The number of nitriles is 1. The third-order valence-corrected chi connectivity index (χ3v) is 7.78. The number of nitrogens with one attached hydrogen (secondary N) is 2. The Morgan fingerprint density at radius 1 is 1.12 bits per heavy atom. The number of hydrogen-bond donors (Lipinski definition) is 2. The molecule has 1 saturated heterocycles. The number of amides is 2. The van der Waals surface area contributed by atoms with Gasteiger partial charge < -0.3 is 10.6 Å². The van der Waals surface area contributed by atoms with Crippen molar-refractivity contribution in [3.05, 3.63) is 59.2 Å². The lowest BCUT2D eigenvalue weighted by Crippen LogP contribution is -2.41. The number of nitrogens with zero attached hydrogens (tertiary/aromatic N) is 2. The van der Waals surface area contributed by atoms with Crippen molar-refractivity contribution in [2.24, 2.45) is 11.8 Å². The van der Waals surface area contributed by atoms with Crippen molar-refractivity contribution >= 4 is 27.5 Å². The van der Waals surface area contributed by atoms with Gasteiger partial charge in [0.2, 0.25) is 15.9 Å². The largest absolute Gasteiger partial charge is 0.352 e. The fraction of sp³-hybridized carbons (Fsp3) is 0.400. The van der Waals surface area contributed by atoms with Crippen LogP contribution in [-0.4, -0.2) is 44.2 Å². The van der Waals surface area contributed by atoms with Gasteiger partial charge in [-0.1, -0.05) is 13.8 Å². The average molecular weight is 483 g/mol. The van der Waals surface area contributed by atoms with Crippen LogP contribution in [0.15, 0.2) is 47.4 Å². The lowest BCUT2D eigenvalue weighted by Gasteiger charge is -2.30. The second-order valence-corrected chi connectivity index (χ2v) is 10.9. The molecule has 0 aliphatic carbocycles. The summed E-state index contributed by atoms with van der Waals surface area (Å²) in [5.74, 6) is -0.254. The summed E-state index contributed by atoms with van der Waals surface area (Å²) in [6, 6.07) is 13.0. The van der Waals surface area contributed by atoms with Gasteiger partial charge >= 0.3 is 0 Å². The molecule has 2 amide bonds. The number of sulfonamides is 1. The number of piperidine rings is 1. The maximum Gasteiger partial charge on any atom is 0.251 e. The molecular formula is C25H30N4O4S. The summed E-state index contributed by atoms with van der Waals surface area (Å²) in [5.41, 5.74) is 2.36. The lowest BCUT2D eigenvalue weighted by atomic mass is 9.97. The average Bonchev–Trinajstić information content (AvgIpc) is 2.83. The number of anilines is 1. The van der Waals surface area contributed by atoms with Crippen LogP contribution in [0.1, 0.15) is 48.2 Å². The van der Waals surface area contributed by atoms with Crippen LogP contribution < -0.4 is 10.6 Å². The second kappa shape index (κ2) is 10.8. The smallest absolute Gasteiger partial charge is 0.251 e. The van der Waals surface area contributed by atoms with Gasteiger partial charge in [-0.25, -0.2) is 8.42 Å². The van der Waals surface area contributed by atoms with Crippen molar-refractivity contribution in [1.82, 2.24) is 9.62 Å². The molecular weight excluding hydrogens is 452 g/mol. The number of rotatable bonds is 7. The van der Waals surface area contributed by atoms with E-state index in [4.69, 9.17) is 5.26 Å². The molecule has 1 fully saturated rings. The normalized spacial score (nSPS) is 15.0. The van der Waals surface area contributed by atoms with Gasteiger partial charge in [0.15, 0.2) is 0 Å². The van der Waals surface area contributed by atoms with Gasteiger partial charge in [-0.15, -0.1) is 0 Å². The lowest BCUT2D eigenvalue weighted by molar-refractivity contribution is -0.120. The number of aryl methyl sites for hydroxylation is 1. The highest BCUT2D eigenvalue weighted by Crippen LogP contribution is 2.26. The molecule has 0 aromatic heterocycles. The van der Waals surface area contributed by atoms with Gasteiger partial charge in [0.25, 0.3) is 5.91 Å². The molecule has 34 heavy (non-hydrogen) atoms. The molecule has 0 bridgehead atoms. The Morgan fingerprint density at radius 3 is 2.32 bits per heavy atom. The quantitative estimate of drug-likeness (QED) is 0.628. The first-order valence-electron chi connectivity index (χ1n) is 11.3. The van der Waals surface area contributed by atoms with E-state index in [0.29, 0.717) is 42.1 Å². The van der Waals surface area contributed by atoms with Crippen LogP contribution in [0, 0.1) is 30.1 Å². The SMILES string of the molecule is Cc1cc(C(=O)NCC(C)C)ccc1NC(=O)C1CCN(S(=O)(=O)c2ccc(C#N)cc2)CC1. The first-order valence-corrected chi connectivity index (χ1v) is 12.8. The van der Waals surface area contributed by atoms with Crippen LogP contribution >= 0.6 is 0 Å². The minimum absolute atomic E-state index is 0.141. The zero-order valence-electron chi connectivity index (χ0n) is 19.7. The van der Waals surface area contributed by atoms with E-state index in [1.165, 1.54) is 28.6 Å². The maximum absolute atomic E-state index is 12.9. The molecule has 2 N–H and O–H groups in total. The van der Waals surface area contributed by atoms with Crippen molar-refractivity contribution in [3.8, 4) is 6.07 Å². The molecule has 2 aromatic carbocycles. The third kappa shape index (κ3) is 6.01. The van der Waals surface area contributed by atoms with Gasteiger partial charge in [0.05, 0.1) is 16.5 Å². The molecule has 0 radical (unpaired) electrons. The summed E-state index contributed by atoms with van der Waals surface area (Å²) in [7, 11) is -3.67. The van der Waals surface area contributed by atoms with Gasteiger partial charge in [0, 0.05) is 36.8 Å². The molecule has 0 atom stereocenters. The summed E-state index contributed by atoms with van der Waals surface area (Å²) in [4.78, 5) is 25.2. The number of benzene rings is 2. The van der Waals surface area contributed by atoms with Crippen LogP contribution in [0.3, 0.4) is 0 Å². The summed E-state index contributed by atoms with van der Waals surface area (Å²) >= 11 is 0. The Balaban J connectivity index is 1.58. The minimum atomic E-state index is -3.67. The molecule has 180 valence electrons. The van der Waals surface area contributed by atoms with Crippen LogP contribution in [0.25, 0.3) is 0 Å². The van der Waals surface area contributed by atoms with E-state index < -0.39 is 10.0 Å². The fourth-order valence-corrected chi connectivity index (χ4v) is 5.26. The maximum atomic E-state index is 12.9. The highest BCUT2D eigenvalue weighted by atomic mass is 32.2. The van der Waals surface area contributed by atoms with Gasteiger partial charge in [-0.05, 0) is 73.7 Å². The van der Waals surface area contributed by atoms with E-state index >= 15 is 0 Å². The zero-order chi connectivity index (χ0) is 24.9. The van der Waals surface area contributed by atoms with E-state index in [2.05, 4.69) is 10.6 Å². The highest BCUT2D eigenvalue weighted by molar-refractivity contribution is 7.89. The topological polar surface area (TPSA) is 119 Å². The molecule has 3 rings (SSSR count). The van der Waals surface area contributed by atoms with E-state index in [1.807, 2.05) is 26.8 Å². The Labute approximate surface area is 201 Å². The van der Waals surface area contributed by atoms with Gasteiger partial charge in [-0.3, -0.25) is 9.59 Å². The summed E-state index contributed by atoms with van der Waals surface area (Å²) in [6.45, 7) is 6.97. The molecule has 2 aromatic rings. The van der Waals surface area contributed by atoms with E-state index in [9.17, 15) is 18.0 Å². The molecule has 8 nitrogen and oxygen atoms in total. The van der Waals surface area contributed by atoms with E-state index in [1.54, 1.807) is 18.2 Å². The van der Waals surface area contributed by atoms with Crippen molar-refractivity contribution in [1.29, 1.82) is 5.26 Å². The summed E-state index contributed by atoms with van der Waals surface area (Å²) < 4.78 is 27.1. The summed E-state index contributed by atoms with van der Waals surface area (Å²) in [6.07, 6.45) is 0.826. The summed E-state index contributed by atoms with van der Waals surface area (Å²) in [5, 5.41) is 14.7. The first kappa shape index (κ1) is 25.4.